The first-order valence-corrected chi connectivity index (χ1v) is 6.13. The van der Waals surface area contributed by atoms with E-state index >= 15 is 0 Å². The SMILES string of the molecule is CCCCCCC/C=C(\CCl)C(=O)OC. The maximum Gasteiger partial charge on any atom is 0.334 e. The Balaban J connectivity index is 3.67. The van der Waals surface area contributed by atoms with E-state index in [-0.39, 0.29) is 11.8 Å². The number of carbonyl (C=O) groups excluding carboxylic acids is 1. The van der Waals surface area contributed by atoms with E-state index in [1.807, 2.05) is 6.08 Å². The molecule has 0 aromatic heterocycles. The minimum atomic E-state index is -0.307. The van der Waals surface area contributed by atoms with Crippen molar-refractivity contribution in [2.24, 2.45) is 0 Å². The van der Waals surface area contributed by atoms with Gasteiger partial charge in [0.25, 0.3) is 0 Å². The molecule has 0 aliphatic rings. The van der Waals surface area contributed by atoms with Gasteiger partial charge in [-0.05, 0) is 12.8 Å². The third-order valence-corrected chi connectivity index (χ3v) is 2.58. The Bertz CT molecular complexity index is 200. The van der Waals surface area contributed by atoms with Crippen LogP contribution < -0.4 is 0 Å². The third-order valence-electron chi connectivity index (χ3n) is 2.29. The summed E-state index contributed by atoms with van der Waals surface area (Å²) < 4.78 is 4.61. The molecule has 0 spiro atoms. The van der Waals surface area contributed by atoms with E-state index in [1.54, 1.807) is 0 Å². The Morgan fingerprint density at radius 1 is 1.27 bits per heavy atom. The summed E-state index contributed by atoms with van der Waals surface area (Å²) in [6.07, 6.45) is 8.98. The van der Waals surface area contributed by atoms with Gasteiger partial charge in [-0.1, -0.05) is 38.7 Å². The van der Waals surface area contributed by atoms with Gasteiger partial charge in [0.2, 0.25) is 0 Å². The number of hydrogen-bond acceptors (Lipinski definition) is 2. The summed E-state index contributed by atoms with van der Waals surface area (Å²) in [4.78, 5) is 11.1. The standard InChI is InChI=1S/C12H21ClO2/c1-3-4-5-6-7-8-9-11(10-13)12(14)15-2/h9H,3-8,10H2,1-2H3/b11-9+. The molecule has 0 amide bonds. The first-order chi connectivity index (χ1) is 7.26. The molecule has 3 heteroatoms. The molecule has 0 aromatic carbocycles. The van der Waals surface area contributed by atoms with Crippen LogP contribution in [0.1, 0.15) is 45.4 Å². The summed E-state index contributed by atoms with van der Waals surface area (Å²) in [5.74, 6) is -0.0692. The molecular weight excluding hydrogens is 212 g/mol. The van der Waals surface area contributed by atoms with E-state index in [4.69, 9.17) is 11.6 Å². The molecule has 0 bridgehead atoms. The lowest BCUT2D eigenvalue weighted by molar-refractivity contribution is -0.136. The fourth-order valence-electron chi connectivity index (χ4n) is 1.35. The highest BCUT2D eigenvalue weighted by atomic mass is 35.5. The summed E-state index contributed by atoms with van der Waals surface area (Å²) in [5, 5.41) is 0. The van der Waals surface area contributed by atoms with Crippen LogP contribution >= 0.6 is 11.6 Å². The number of alkyl halides is 1. The first-order valence-electron chi connectivity index (χ1n) is 5.59. The third kappa shape index (κ3) is 7.43. The van der Waals surface area contributed by atoms with Crippen molar-refractivity contribution in [3.05, 3.63) is 11.6 Å². The van der Waals surface area contributed by atoms with Crippen molar-refractivity contribution in [1.29, 1.82) is 0 Å². The van der Waals surface area contributed by atoms with Crippen LogP contribution in [-0.4, -0.2) is 19.0 Å². The van der Waals surface area contributed by atoms with Crippen LogP contribution in [0.25, 0.3) is 0 Å². The van der Waals surface area contributed by atoms with Crippen LogP contribution in [0, 0.1) is 0 Å². The predicted molar refractivity (Wildman–Crippen MR) is 64.2 cm³/mol. The lowest BCUT2D eigenvalue weighted by Gasteiger charge is -2.01. The second kappa shape index (κ2) is 10.0. The van der Waals surface area contributed by atoms with Gasteiger partial charge in [-0.15, -0.1) is 11.6 Å². The number of ether oxygens (including phenoxy) is 1. The van der Waals surface area contributed by atoms with Crippen molar-refractivity contribution in [2.45, 2.75) is 45.4 Å². The lowest BCUT2D eigenvalue weighted by atomic mass is 10.1. The number of hydrogen-bond donors (Lipinski definition) is 0. The van der Waals surface area contributed by atoms with Gasteiger partial charge >= 0.3 is 5.97 Å². The van der Waals surface area contributed by atoms with Crippen LogP contribution in [-0.2, 0) is 9.53 Å². The number of allylic oxidation sites excluding steroid dienone is 1. The normalized spacial score (nSPS) is 11.5. The molecule has 0 aromatic rings. The van der Waals surface area contributed by atoms with Gasteiger partial charge < -0.3 is 4.74 Å². The maximum absolute atomic E-state index is 11.1. The molecule has 0 saturated heterocycles. The van der Waals surface area contributed by atoms with Gasteiger partial charge in [0.1, 0.15) is 0 Å². The van der Waals surface area contributed by atoms with Crippen molar-refractivity contribution < 1.29 is 9.53 Å². The van der Waals surface area contributed by atoms with Crippen molar-refractivity contribution in [2.75, 3.05) is 13.0 Å². The molecule has 0 radical (unpaired) electrons. The molecule has 0 fully saturated rings. The van der Waals surface area contributed by atoms with Gasteiger partial charge in [-0.2, -0.15) is 0 Å². The zero-order chi connectivity index (χ0) is 11.5. The van der Waals surface area contributed by atoms with Crippen molar-refractivity contribution >= 4 is 17.6 Å². The second-order valence-electron chi connectivity index (χ2n) is 3.56. The molecule has 2 nitrogen and oxygen atoms in total. The van der Waals surface area contributed by atoms with Gasteiger partial charge in [0.05, 0.1) is 13.0 Å². The maximum atomic E-state index is 11.1. The van der Waals surface area contributed by atoms with E-state index in [0.717, 1.165) is 12.8 Å². The molecule has 88 valence electrons. The summed E-state index contributed by atoms with van der Waals surface area (Å²) in [7, 11) is 1.38. The predicted octanol–water partition coefficient (Wildman–Crippen LogP) is 3.69. The van der Waals surface area contributed by atoms with E-state index in [0.29, 0.717) is 5.57 Å². The summed E-state index contributed by atoms with van der Waals surface area (Å²) in [6.45, 7) is 2.20. The molecule has 0 atom stereocenters. The summed E-state index contributed by atoms with van der Waals surface area (Å²) >= 11 is 5.63. The molecule has 0 aliphatic heterocycles. The highest BCUT2D eigenvalue weighted by molar-refractivity contribution is 6.22. The molecular formula is C12H21ClO2. The Labute approximate surface area is 97.6 Å². The van der Waals surface area contributed by atoms with Crippen LogP contribution in [0.2, 0.25) is 0 Å². The Kier molecular flexibility index (Phi) is 9.70. The molecule has 0 aliphatic carbocycles. The number of carbonyl (C=O) groups is 1. The van der Waals surface area contributed by atoms with Gasteiger partial charge in [0, 0.05) is 5.57 Å². The number of unbranched alkanes of at least 4 members (excludes halogenated alkanes) is 5. The Morgan fingerprint density at radius 2 is 1.93 bits per heavy atom. The minimum absolute atomic E-state index is 0.238. The average molecular weight is 233 g/mol. The van der Waals surface area contributed by atoms with Crippen molar-refractivity contribution in [3.8, 4) is 0 Å². The van der Waals surface area contributed by atoms with Gasteiger partial charge in [-0.3, -0.25) is 0 Å². The molecule has 15 heavy (non-hydrogen) atoms. The number of halogens is 1. The molecule has 0 unspecified atom stereocenters. The Morgan fingerprint density at radius 3 is 2.47 bits per heavy atom. The number of esters is 1. The topological polar surface area (TPSA) is 26.3 Å². The zero-order valence-electron chi connectivity index (χ0n) is 9.72. The van der Waals surface area contributed by atoms with E-state index < -0.39 is 0 Å². The Hall–Kier alpha value is -0.500. The van der Waals surface area contributed by atoms with Gasteiger partial charge in [0.15, 0.2) is 0 Å². The van der Waals surface area contributed by atoms with Crippen LogP contribution in [0.3, 0.4) is 0 Å². The smallest absolute Gasteiger partial charge is 0.334 e. The van der Waals surface area contributed by atoms with E-state index in [1.165, 1.54) is 32.8 Å². The number of methoxy groups -OCH3 is 1. The summed E-state index contributed by atoms with van der Waals surface area (Å²) in [6, 6.07) is 0. The van der Waals surface area contributed by atoms with Crippen molar-refractivity contribution in [1.82, 2.24) is 0 Å². The quantitative estimate of drug-likeness (QED) is 0.276. The first kappa shape index (κ1) is 14.5. The molecule has 0 saturated carbocycles. The molecule has 0 heterocycles. The molecule has 0 rings (SSSR count). The number of rotatable bonds is 8. The van der Waals surface area contributed by atoms with Crippen LogP contribution in [0.5, 0.6) is 0 Å². The highest BCUT2D eigenvalue weighted by Crippen LogP contribution is 2.08. The van der Waals surface area contributed by atoms with E-state index in [2.05, 4.69) is 11.7 Å². The lowest BCUT2D eigenvalue weighted by Crippen LogP contribution is -2.05. The monoisotopic (exact) mass is 232 g/mol. The molecule has 0 N–H and O–H groups in total. The van der Waals surface area contributed by atoms with E-state index in [9.17, 15) is 4.79 Å². The average Bonchev–Trinajstić information content (AvgIpc) is 2.27. The minimum Gasteiger partial charge on any atom is -0.466 e. The largest absolute Gasteiger partial charge is 0.466 e. The fourth-order valence-corrected chi connectivity index (χ4v) is 1.57. The fraction of sp³-hybridized carbons (Fsp3) is 0.750. The highest BCUT2D eigenvalue weighted by Gasteiger charge is 2.06. The van der Waals surface area contributed by atoms with Crippen LogP contribution in [0.15, 0.2) is 11.6 Å². The summed E-state index contributed by atoms with van der Waals surface area (Å²) in [5.41, 5.74) is 0.578. The second-order valence-corrected chi connectivity index (χ2v) is 3.82. The van der Waals surface area contributed by atoms with Crippen molar-refractivity contribution in [3.63, 3.8) is 0 Å². The van der Waals surface area contributed by atoms with Crippen LogP contribution in [0.4, 0.5) is 0 Å². The van der Waals surface area contributed by atoms with Gasteiger partial charge in [-0.25, -0.2) is 4.79 Å². The zero-order valence-corrected chi connectivity index (χ0v) is 10.5.